The van der Waals surface area contributed by atoms with Gasteiger partial charge in [-0.25, -0.2) is 0 Å². The van der Waals surface area contributed by atoms with Crippen LogP contribution in [0.15, 0.2) is 24.3 Å². The molecule has 0 saturated heterocycles. The second kappa shape index (κ2) is 5.87. The molecule has 1 aromatic carbocycles. The number of nitrogens with one attached hydrogen (secondary N) is 1. The van der Waals surface area contributed by atoms with Crippen LogP contribution in [0.5, 0.6) is 0 Å². The number of rotatable bonds is 5. The maximum Gasteiger partial charge on any atom is 0.0389 e. The molecule has 0 radical (unpaired) electrons. The summed E-state index contributed by atoms with van der Waals surface area (Å²) in [5, 5.41) is 5.14. The van der Waals surface area contributed by atoms with Gasteiger partial charge in [0.05, 0.1) is 0 Å². The number of hydrogen-bond donors (Lipinski definition) is 1. The maximum atomic E-state index is 3.73. The molecule has 1 atom stereocenters. The van der Waals surface area contributed by atoms with E-state index in [1.165, 1.54) is 20.5 Å². The third kappa shape index (κ3) is 3.07. The first-order chi connectivity index (χ1) is 9.33. The SMILES string of the molecule is Cc1c(C(C)NCC(C)(C)C(C)C)sc2ccccc12. The molecule has 2 rings (SSSR count). The van der Waals surface area contributed by atoms with Gasteiger partial charge < -0.3 is 5.32 Å². The van der Waals surface area contributed by atoms with E-state index < -0.39 is 0 Å². The summed E-state index contributed by atoms with van der Waals surface area (Å²) < 4.78 is 1.40. The summed E-state index contributed by atoms with van der Waals surface area (Å²) in [5.74, 6) is 0.686. The van der Waals surface area contributed by atoms with Crippen LogP contribution in [0.3, 0.4) is 0 Å². The molecular formula is C18H27NS. The molecule has 0 fully saturated rings. The van der Waals surface area contributed by atoms with Crippen molar-refractivity contribution in [3.05, 3.63) is 34.7 Å². The summed E-state index contributed by atoms with van der Waals surface area (Å²) in [4.78, 5) is 1.48. The second-order valence-corrected chi connectivity index (χ2v) is 7.92. The molecule has 0 spiro atoms. The van der Waals surface area contributed by atoms with Gasteiger partial charge in [-0.1, -0.05) is 45.9 Å². The van der Waals surface area contributed by atoms with Crippen molar-refractivity contribution < 1.29 is 0 Å². The number of hydrogen-bond acceptors (Lipinski definition) is 2. The molecule has 0 aliphatic carbocycles. The third-order valence-corrected chi connectivity index (χ3v) is 6.16. The molecule has 0 amide bonds. The zero-order valence-electron chi connectivity index (χ0n) is 13.6. The summed E-state index contributed by atoms with van der Waals surface area (Å²) >= 11 is 1.93. The Bertz CT molecular complexity index is 580. The Labute approximate surface area is 127 Å². The van der Waals surface area contributed by atoms with Gasteiger partial charge in [0.1, 0.15) is 0 Å². The third-order valence-electron chi connectivity index (χ3n) is 4.70. The van der Waals surface area contributed by atoms with Crippen molar-refractivity contribution in [1.82, 2.24) is 5.32 Å². The predicted molar refractivity (Wildman–Crippen MR) is 91.6 cm³/mol. The largest absolute Gasteiger partial charge is 0.309 e. The van der Waals surface area contributed by atoms with Crippen LogP contribution in [-0.2, 0) is 0 Å². The fourth-order valence-electron chi connectivity index (χ4n) is 2.32. The standard InChI is InChI=1S/C18H27NS/c1-12(2)18(5,6)11-19-14(4)17-13(3)15-9-7-8-10-16(15)20-17/h7-10,12,14,19H,11H2,1-6H3. The average molecular weight is 289 g/mol. The topological polar surface area (TPSA) is 12.0 Å². The highest BCUT2D eigenvalue weighted by molar-refractivity contribution is 7.19. The van der Waals surface area contributed by atoms with Crippen LogP contribution in [0.4, 0.5) is 0 Å². The van der Waals surface area contributed by atoms with E-state index in [9.17, 15) is 0 Å². The molecule has 1 nitrogen and oxygen atoms in total. The summed E-state index contributed by atoms with van der Waals surface area (Å²) in [7, 11) is 0. The molecule has 110 valence electrons. The quantitative estimate of drug-likeness (QED) is 0.761. The lowest BCUT2D eigenvalue weighted by molar-refractivity contribution is 0.231. The van der Waals surface area contributed by atoms with Gasteiger partial charge in [-0.2, -0.15) is 0 Å². The molecule has 0 bridgehead atoms. The molecule has 1 unspecified atom stereocenters. The summed E-state index contributed by atoms with van der Waals surface area (Å²) in [6.45, 7) is 14.9. The minimum Gasteiger partial charge on any atom is -0.309 e. The lowest BCUT2D eigenvalue weighted by Gasteiger charge is -2.31. The molecule has 1 aromatic heterocycles. The Morgan fingerprint density at radius 2 is 1.80 bits per heavy atom. The lowest BCUT2D eigenvalue weighted by atomic mass is 9.81. The maximum absolute atomic E-state index is 3.73. The number of fused-ring (bicyclic) bond motifs is 1. The van der Waals surface area contributed by atoms with E-state index in [4.69, 9.17) is 0 Å². The normalized spacial score (nSPS) is 14.2. The van der Waals surface area contributed by atoms with Gasteiger partial charge in [0, 0.05) is 22.2 Å². The van der Waals surface area contributed by atoms with Crippen molar-refractivity contribution in [2.75, 3.05) is 6.54 Å². The van der Waals surface area contributed by atoms with Gasteiger partial charge in [-0.05, 0) is 42.2 Å². The fourth-order valence-corrected chi connectivity index (χ4v) is 3.56. The van der Waals surface area contributed by atoms with Crippen molar-refractivity contribution in [1.29, 1.82) is 0 Å². The number of thiophene rings is 1. The monoisotopic (exact) mass is 289 g/mol. The zero-order valence-corrected chi connectivity index (χ0v) is 14.4. The van der Waals surface area contributed by atoms with Crippen LogP contribution in [0.1, 0.15) is 51.1 Å². The Morgan fingerprint density at radius 1 is 1.15 bits per heavy atom. The van der Waals surface area contributed by atoms with Crippen LogP contribution in [0.2, 0.25) is 0 Å². The minimum atomic E-state index is 0.332. The first-order valence-corrected chi connectivity index (χ1v) is 8.36. The molecule has 1 N–H and O–H groups in total. The van der Waals surface area contributed by atoms with Crippen molar-refractivity contribution in [3.8, 4) is 0 Å². The van der Waals surface area contributed by atoms with Crippen LogP contribution >= 0.6 is 11.3 Å². The van der Waals surface area contributed by atoms with Crippen molar-refractivity contribution in [2.24, 2.45) is 11.3 Å². The predicted octanol–water partition coefficient (Wildman–Crippen LogP) is 5.54. The molecule has 1 heterocycles. The van der Waals surface area contributed by atoms with Gasteiger partial charge in [0.2, 0.25) is 0 Å². The average Bonchev–Trinajstić information content (AvgIpc) is 2.74. The Kier molecular flexibility index (Phi) is 4.55. The van der Waals surface area contributed by atoms with Gasteiger partial charge in [0.15, 0.2) is 0 Å². The van der Waals surface area contributed by atoms with E-state index in [2.05, 4.69) is 71.1 Å². The fraction of sp³-hybridized carbons (Fsp3) is 0.556. The summed E-state index contributed by atoms with van der Waals surface area (Å²) in [6, 6.07) is 9.13. The highest BCUT2D eigenvalue weighted by Crippen LogP contribution is 2.35. The number of benzene rings is 1. The van der Waals surface area contributed by atoms with E-state index in [0.717, 1.165) is 6.54 Å². The Balaban J connectivity index is 2.16. The minimum absolute atomic E-state index is 0.332. The van der Waals surface area contributed by atoms with Crippen LogP contribution in [0.25, 0.3) is 10.1 Å². The van der Waals surface area contributed by atoms with Crippen molar-refractivity contribution in [3.63, 3.8) is 0 Å². The van der Waals surface area contributed by atoms with E-state index in [1.807, 2.05) is 11.3 Å². The first-order valence-electron chi connectivity index (χ1n) is 7.54. The van der Waals surface area contributed by atoms with Gasteiger partial charge >= 0.3 is 0 Å². The van der Waals surface area contributed by atoms with Crippen LogP contribution in [0, 0.1) is 18.3 Å². The first kappa shape index (κ1) is 15.5. The number of aryl methyl sites for hydroxylation is 1. The summed E-state index contributed by atoms with van der Waals surface area (Å²) in [6.07, 6.45) is 0. The lowest BCUT2D eigenvalue weighted by Crippen LogP contribution is -2.34. The zero-order chi connectivity index (χ0) is 14.9. The van der Waals surface area contributed by atoms with Crippen molar-refractivity contribution >= 4 is 21.4 Å². The molecule has 20 heavy (non-hydrogen) atoms. The van der Waals surface area contributed by atoms with Gasteiger partial charge in [-0.3, -0.25) is 0 Å². The van der Waals surface area contributed by atoms with Gasteiger partial charge in [0.25, 0.3) is 0 Å². The summed E-state index contributed by atoms with van der Waals surface area (Å²) in [5.41, 5.74) is 1.77. The van der Waals surface area contributed by atoms with Gasteiger partial charge in [-0.15, -0.1) is 11.3 Å². The highest BCUT2D eigenvalue weighted by atomic mass is 32.1. The van der Waals surface area contributed by atoms with Crippen LogP contribution < -0.4 is 5.32 Å². The van der Waals surface area contributed by atoms with E-state index >= 15 is 0 Å². The van der Waals surface area contributed by atoms with Crippen molar-refractivity contribution in [2.45, 2.75) is 47.6 Å². The van der Waals surface area contributed by atoms with Crippen LogP contribution in [-0.4, -0.2) is 6.54 Å². The molecule has 0 aliphatic rings. The van der Waals surface area contributed by atoms with E-state index in [1.54, 1.807) is 0 Å². The highest BCUT2D eigenvalue weighted by Gasteiger charge is 2.23. The molecular weight excluding hydrogens is 262 g/mol. The Hall–Kier alpha value is -0.860. The molecule has 0 saturated carbocycles. The smallest absolute Gasteiger partial charge is 0.0389 e. The van der Waals surface area contributed by atoms with E-state index in [0.29, 0.717) is 17.4 Å². The molecule has 0 aliphatic heterocycles. The Morgan fingerprint density at radius 3 is 2.40 bits per heavy atom. The second-order valence-electron chi connectivity index (χ2n) is 6.83. The van der Waals surface area contributed by atoms with E-state index in [-0.39, 0.29) is 0 Å². The molecule has 2 heteroatoms. The molecule has 2 aromatic rings.